The Morgan fingerprint density at radius 1 is 1.60 bits per heavy atom. The van der Waals surface area contributed by atoms with Crippen LogP contribution in [0.15, 0.2) is 23.5 Å². The van der Waals surface area contributed by atoms with Crippen molar-refractivity contribution in [1.29, 1.82) is 0 Å². The van der Waals surface area contributed by atoms with Crippen LogP contribution in [-0.4, -0.2) is 6.61 Å². The summed E-state index contributed by atoms with van der Waals surface area (Å²) in [7, 11) is 0. The van der Waals surface area contributed by atoms with E-state index in [-0.39, 0.29) is 0 Å². The first kappa shape index (κ1) is 7.39. The molecule has 0 bridgehead atoms. The largest absolute Gasteiger partial charge is 0.493 e. The molecule has 1 rings (SSSR count). The topological polar surface area (TPSA) is 9.23 Å². The Kier molecular flexibility index (Phi) is 2.55. The van der Waals surface area contributed by atoms with Crippen molar-refractivity contribution >= 4 is 0 Å². The molecule has 0 saturated heterocycles. The maximum absolute atomic E-state index is 5.36. The quantitative estimate of drug-likeness (QED) is 0.570. The summed E-state index contributed by atoms with van der Waals surface area (Å²) in [6.45, 7) is 5.12. The number of allylic oxidation sites excluding steroid dienone is 2. The number of hydrogen-bond donors (Lipinski definition) is 0. The van der Waals surface area contributed by atoms with Gasteiger partial charge in [0.25, 0.3) is 0 Å². The number of ether oxygens (including phenoxy) is 1. The Morgan fingerprint density at radius 2 is 2.40 bits per heavy atom. The highest BCUT2D eigenvalue weighted by Gasteiger charge is 2.07. The fourth-order valence-electron chi connectivity index (χ4n) is 0.976. The number of rotatable bonds is 2. The molecule has 0 radical (unpaired) electrons. The van der Waals surface area contributed by atoms with Gasteiger partial charge in [0, 0.05) is 6.42 Å². The van der Waals surface area contributed by atoms with Gasteiger partial charge in [-0.25, -0.2) is 0 Å². The molecule has 1 aliphatic heterocycles. The van der Waals surface area contributed by atoms with Gasteiger partial charge in [-0.2, -0.15) is 0 Å². The molecule has 0 aliphatic carbocycles. The molecule has 56 valence electrons. The molecule has 1 nitrogen and oxygen atoms in total. The molecule has 0 aromatic heterocycles. The van der Waals surface area contributed by atoms with E-state index >= 15 is 0 Å². The highest BCUT2D eigenvalue weighted by Crippen LogP contribution is 2.18. The first-order valence-electron chi connectivity index (χ1n) is 3.83. The minimum absolute atomic E-state index is 0.870. The molecule has 0 atom stereocenters. The smallest absolute Gasteiger partial charge is 0.118 e. The van der Waals surface area contributed by atoms with E-state index in [1.807, 2.05) is 0 Å². The molecule has 10 heavy (non-hydrogen) atoms. The average molecular weight is 138 g/mol. The highest BCUT2D eigenvalue weighted by molar-refractivity contribution is 5.21. The molecule has 1 heterocycles. The third-order valence-corrected chi connectivity index (χ3v) is 1.66. The van der Waals surface area contributed by atoms with Crippen molar-refractivity contribution in [3.05, 3.63) is 23.5 Å². The third kappa shape index (κ3) is 1.63. The Labute approximate surface area is 62.4 Å². The first-order chi connectivity index (χ1) is 4.84. The molecule has 0 fully saturated rings. The predicted octanol–water partition coefficient (Wildman–Crippen LogP) is 2.65. The fourth-order valence-corrected chi connectivity index (χ4v) is 0.976. The Hall–Kier alpha value is -0.720. The summed E-state index contributed by atoms with van der Waals surface area (Å²) >= 11 is 0. The van der Waals surface area contributed by atoms with Crippen LogP contribution >= 0.6 is 0 Å². The predicted molar refractivity (Wildman–Crippen MR) is 42.7 cm³/mol. The Balaban J connectivity index is 2.54. The minimum Gasteiger partial charge on any atom is -0.493 e. The minimum atomic E-state index is 0.870. The van der Waals surface area contributed by atoms with E-state index in [4.69, 9.17) is 4.74 Å². The zero-order valence-electron chi connectivity index (χ0n) is 6.68. The van der Waals surface area contributed by atoms with Gasteiger partial charge in [0.1, 0.15) is 5.76 Å². The normalized spacial score (nSPS) is 18.6. The lowest BCUT2D eigenvalue weighted by atomic mass is 10.2. The van der Waals surface area contributed by atoms with Gasteiger partial charge in [-0.15, -0.1) is 0 Å². The van der Waals surface area contributed by atoms with Gasteiger partial charge >= 0.3 is 0 Å². The Morgan fingerprint density at radius 3 is 2.90 bits per heavy atom. The summed E-state index contributed by atoms with van der Waals surface area (Å²) in [6.07, 6.45) is 6.38. The molecule has 0 amide bonds. The van der Waals surface area contributed by atoms with Crippen LogP contribution in [0.1, 0.15) is 26.7 Å². The summed E-state index contributed by atoms with van der Waals surface area (Å²) in [5.74, 6) is 1.09. The first-order valence-corrected chi connectivity index (χ1v) is 3.83. The van der Waals surface area contributed by atoms with Gasteiger partial charge < -0.3 is 4.74 Å². The van der Waals surface area contributed by atoms with Gasteiger partial charge in [-0.1, -0.05) is 13.0 Å². The van der Waals surface area contributed by atoms with E-state index in [1.54, 1.807) is 0 Å². The van der Waals surface area contributed by atoms with E-state index in [2.05, 4.69) is 26.0 Å². The summed E-state index contributed by atoms with van der Waals surface area (Å²) < 4.78 is 5.36. The van der Waals surface area contributed by atoms with E-state index in [9.17, 15) is 0 Å². The molecule has 0 aromatic carbocycles. The van der Waals surface area contributed by atoms with Crippen molar-refractivity contribution in [1.82, 2.24) is 0 Å². The molecule has 1 heteroatoms. The third-order valence-electron chi connectivity index (χ3n) is 1.66. The standard InChI is InChI=1S/C9H14O/c1-3-4-5-9-8(2)6-7-10-9/h4-5H,3,6-7H2,1-2H3/b5-4-. The van der Waals surface area contributed by atoms with Gasteiger partial charge in [0.2, 0.25) is 0 Å². The molecule has 0 aromatic rings. The SMILES string of the molecule is CC/C=C\C1=C(C)CCO1. The lowest BCUT2D eigenvalue weighted by Crippen LogP contribution is -1.79. The lowest BCUT2D eigenvalue weighted by molar-refractivity contribution is 0.257. The van der Waals surface area contributed by atoms with E-state index in [0.717, 1.165) is 25.2 Å². The van der Waals surface area contributed by atoms with Crippen molar-refractivity contribution in [2.75, 3.05) is 6.61 Å². The monoisotopic (exact) mass is 138 g/mol. The average Bonchev–Trinajstić information content (AvgIpc) is 2.31. The van der Waals surface area contributed by atoms with Crippen molar-refractivity contribution in [3.63, 3.8) is 0 Å². The Bertz CT molecular complexity index is 166. The van der Waals surface area contributed by atoms with Gasteiger partial charge in [0.15, 0.2) is 0 Å². The molecule has 0 unspecified atom stereocenters. The van der Waals surface area contributed by atoms with Crippen LogP contribution in [0.3, 0.4) is 0 Å². The lowest BCUT2D eigenvalue weighted by Gasteiger charge is -1.95. The molecular formula is C9H14O. The molecule has 0 spiro atoms. The molecule has 0 saturated carbocycles. The van der Waals surface area contributed by atoms with Crippen molar-refractivity contribution < 1.29 is 4.74 Å². The second-order valence-electron chi connectivity index (χ2n) is 2.55. The summed E-state index contributed by atoms with van der Waals surface area (Å²) in [5, 5.41) is 0. The molecule has 0 N–H and O–H groups in total. The van der Waals surface area contributed by atoms with Gasteiger partial charge in [-0.3, -0.25) is 0 Å². The van der Waals surface area contributed by atoms with Gasteiger partial charge in [0.05, 0.1) is 6.61 Å². The van der Waals surface area contributed by atoms with Crippen molar-refractivity contribution in [2.24, 2.45) is 0 Å². The van der Waals surface area contributed by atoms with Crippen molar-refractivity contribution in [3.8, 4) is 0 Å². The van der Waals surface area contributed by atoms with Crippen LogP contribution in [-0.2, 0) is 4.74 Å². The van der Waals surface area contributed by atoms with Crippen LogP contribution in [0.4, 0.5) is 0 Å². The zero-order valence-corrected chi connectivity index (χ0v) is 6.68. The fraction of sp³-hybridized carbons (Fsp3) is 0.556. The van der Waals surface area contributed by atoms with E-state index < -0.39 is 0 Å². The van der Waals surface area contributed by atoms with E-state index in [0.29, 0.717) is 0 Å². The maximum Gasteiger partial charge on any atom is 0.118 e. The maximum atomic E-state index is 5.36. The van der Waals surface area contributed by atoms with E-state index in [1.165, 1.54) is 5.57 Å². The summed E-state index contributed by atoms with van der Waals surface area (Å²) in [4.78, 5) is 0. The van der Waals surface area contributed by atoms with Crippen LogP contribution < -0.4 is 0 Å². The van der Waals surface area contributed by atoms with Gasteiger partial charge in [-0.05, 0) is 25.0 Å². The van der Waals surface area contributed by atoms with Crippen LogP contribution in [0.2, 0.25) is 0 Å². The second kappa shape index (κ2) is 3.45. The van der Waals surface area contributed by atoms with Crippen molar-refractivity contribution in [2.45, 2.75) is 26.7 Å². The zero-order chi connectivity index (χ0) is 7.40. The summed E-state index contributed by atoms with van der Waals surface area (Å²) in [5.41, 5.74) is 1.38. The second-order valence-corrected chi connectivity index (χ2v) is 2.55. The summed E-state index contributed by atoms with van der Waals surface area (Å²) in [6, 6.07) is 0. The van der Waals surface area contributed by atoms with Crippen LogP contribution in [0, 0.1) is 0 Å². The molecular weight excluding hydrogens is 124 g/mol. The highest BCUT2D eigenvalue weighted by atomic mass is 16.5. The van der Waals surface area contributed by atoms with Crippen LogP contribution in [0.25, 0.3) is 0 Å². The van der Waals surface area contributed by atoms with Crippen LogP contribution in [0.5, 0.6) is 0 Å². The molecule has 1 aliphatic rings. The number of hydrogen-bond acceptors (Lipinski definition) is 1.